The van der Waals surface area contributed by atoms with Crippen molar-refractivity contribution in [2.75, 3.05) is 13.2 Å². The number of alkyl halides is 4. The van der Waals surface area contributed by atoms with E-state index in [1.54, 1.807) is 0 Å². The maximum atomic E-state index is 6.12. The Bertz CT molecular complexity index is 193. The Kier molecular flexibility index (Phi) is 8.15. The Labute approximate surface area is 125 Å². The molecule has 0 aliphatic rings. The molecule has 104 valence electrons. The molecule has 0 atom stereocenters. The molecule has 1 nitrogen and oxygen atoms in total. The van der Waals surface area contributed by atoms with E-state index >= 15 is 0 Å². The standard InChI is InChI=1S/C12H22Cl4O/c1-9(2)5-11(13,14)7-17-8-12(15,16)6-10(3)4/h9-10H,5-8H2,1-4H3. The zero-order chi connectivity index (χ0) is 13.7. The van der Waals surface area contributed by atoms with Crippen molar-refractivity contribution in [1.29, 1.82) is 0 Å². The molecule has 0 aliphatic carbocycles. The molecule has 0 N–H and O–H groups in total. The van der Waals surface area contributed by atoms with Crippen molar-refractivity contribution in [2.24, 2.45) is 11.8 Å². The Hall–Kier alpha value is 1.12. The first-order valence-corrected chi connectivity index (χ1v) is 7.39. The fourth-order valence-electron chi connectivity index (χ4n) is 1.66. The van der Waals surface area contributed by atoms with Crippen LogP contribution < -0.4 is 0 Å². The van der Waals surface area contributed by atoms with Crippen LogP contribution in [-0.4, -0.2) is 21.9 Å². The van der Waals surface area contributed by atoms with Crippen LogP contribution in [0.3, 0.4) is 0 Å². The molecule has 0 spiro atoms. The van der Waals surface area contributed by atoms with Crippen molar-refractivity contribution in [3.05, 3.63) is 0 Å². The van der Waals surface area contributed by atoms with E-state index in [-0.39, 0.29) is 13.2 Å². The molecule has 0 aromatic heterocycles. The van der Waals surface area contributed by atoms with Crippen LogP contribution in [-0.2, 0) is 4.74 Å². The number of halogens is 4. The highest BCUT2D eigenvalue weighted by molar-refractivity contribution is 6.49. The largest absolute Gasteiger partial charge is 0.375 e. The van der Waals surface area contributed by atoms with Gasteiger partial charge in [-0.1, -0.05) is 74.1 Å². The van der Waals surface area contributed by atoms with Crippen LogP contribution in [0.1, 0.15) is 40.5 Å². The van der Waals surface area contributed by atoms with Crippen LogP contribution >= 0.6 is 46.4 Å². The van der Waals surface area contributed by atoms with Gasteiger partial charge in [-0.05, 0) is 24.7 Å². The van der Waals surface area contributed by atoms with Gasteiger partial charge in [-0.25, -0.2) is 0 Å². The molecule has 0 fully saturated rings. The predicted molar refractivity (Wildman–Crippen MR) is 78.6 cm³/mol. The highest BCUT2D eigenvalue weighted by Crippen LogP contribution is 2.32. The van der Waals surface area contributed by atoms with Gasteiger partial charge in [0.15, 0.2) is 0 Å². The van der Waals surface area contributed by atoms with Crippen molar-refractivity contribution < 1.29 is 4.74 Å². The summed E-state index contributed by atoms with van der Waals surface area (Å²) in [4.78, 5) is 0. The summed E-state index contributed by atoms with van der Waals surface area (Å²) >= 11 is 24.5. The second-order valence-electron chi connectivity index (χ2n) is 5.40. The van der Waals surface area contributed by atoms with Gasteiger partial charge in [-0.15, -0.1) is 0 Å². The van der Waals surface area contributed by atoms with Crippen LogP contribution in [0.15, 0.2) is 0 Å². The molecule has 0 unspecified atom stereocenters. The SMILES string of the molecule is CC(C)CC(Cl)(Cl)COCC(Cl)(Cl)CC(C)C. The lowest BCUT2D eigenvalue weighted by Gasteiger charge is -2.25. The van der Waals surface area contributed by atoms with Crippen LogP contribution in [0.4, 0.5) is 0 Å². The van der Waals surface area contributed by atoms with Gasteiger partial charge in [-0.2, -0.15) is 0 Å². The molecule has 17 heavy (non-hydrogen) atoms. The molecule has 0 bridgehead atoms. The number of ether oxygens (including phenoxy) is 1. The molecule has 0 aliphatic heterocycles. The second kappa shape index (κ2) is 7.65. The van der Waals surface area contributed by atoms with Gasteiger partial charge in [0.25, 0.3) is 0 Å². The molecule has 0 saturated heterocycles. The monoisotopic (exact) mass is 322 g/mol. The first-order valence-electron chi connectivity index (χ1n) is 5.87. The van der Waals surface area contributed by atoms with Gasteiger partial charge < -0.3 is 4.74 Å². The van der Waals surface area contributed by atoms with Gasteiger partial charge in [0.05, 0.1) is 13.2 Å². The molecule has 0 rings (SSSR count). The van der Waals surface area contributed by atoms with E-state index in [1.807, 2.05) is 0 Å². The minimum absolute atomic E-state index is 0.244. The molecule has 0 radical (unpaired) electrons. The van der Waals surface area contributed by atoms with Crippen LogP contribution in [0.2, 0.25) is 0 Å². The van der Waals surface area contributed by atoms with Gasteiger partial charge in [0.2, 0.25) is 0 Å². The molecule has 0 heterocycles. The van der Waals surface area contributed by atoms with E-state index < -0.39 is 8.67 Å². The third-order valence-electron chi connectivity index (χ3n) is 2.04. The highest BCUT2D eigenvalue weighted by Gasteiger charge is 2.29. The lowest BCUT2D eigenvalue weighted by atomic mass is 10.1. The van der Waals surface area contributed by atoms with Gasteiger partial charge in [0.1, 0.15) is 8.67 Å². The minimum atomic E-state index is -0.865. The summed E-state index contributed by atoms with van der Waals surface area (Å²) in [6, 6.07) is 0. The van der Waals surface area contributed by atoms with Crippen molar-refractivity contribution in [2.45, 2.75) is 49.2 Å². The second-order valence-corrected chi connectivity index (χ2v) is 8.68. The summed E-state index contributed by atoms with van der Waals surface area (Å²) in [5.41, 5.74) is 0. The predicted octanol–water partition coefficient (Wildman–Crippen LogP) is 5.44. The summed E-state index contributed by atoms with van der Waals surface area (Å²) in [6.07, 6.45) is 1.36. The molecular formula is C12H22Cl4O. The van der Waals surface area contributed by atoms with Gasteiger partial charge in [0, 0.05) is 0 Å². The number of hydrogen-bond donors (Lipinski definition) is 0. The van der Waals surface area contributed by atoms with E-state index in [1.165, 1.54) is 0 Å². The van der Waals surface area contributed by atoms with Crippen LogP contribution in [0.25, 0.3) is 0 Å². The van der Waals surface area contributed by atoms with E-state index in [2.05, 4.69) is 27.7 Å². The fourth-order valence-corrected chi connectivity index (χ4v) is 3.21. The lowest BCUT2D eigenvalue weighted by molar-refractivity contribution is 0.111. The molecule has 0 aromatic rings. The summed E-state index contributed by atoms with van der Waals surface area (Å²) in [6.45, 7) is 8.73. The smallest absolute Gasteiger partial charge is 0.141 e. The molecule has 0 saturated carbocycles. The first kappa shape index (κ1) is 18.1. The molecule has 0 aromatic carbocycles. The first-order chi connectivity index (χ1) is 7.54. The third kappa shape index (κ3) is 10.7. The van der Waals surface area contributed by atoms with Gasteiger partial charge in [-0.3, -0.25) is 0 Å². The summed E-state index contributed by atoms with van der Waals surface area (Å²) in [7, 11) is 0. The maximum Gasteiger partial charge on any atom is 0.141 e. The summed E-state index contributed by atoms with van der Waals surface area (Å²) < 4.78 is 3.71. The van der Waals surface area contributed by atoms with E-state index in [0.717, 1.165) is 0 Å². The van der Waals surface area contributed by atoms with E-state index in [9.17, 15) is 0 Å². The van der Waals surface area contributed by atoms with Gasteiger partial charge >= 0.3 is 0 Å². The average molecular weight is 324 g/mol. The van der Waals surface area contributed by atoms with Crippen molar-refractivity contribution in [3.8, 4) is 0 Å². The van der Waals surface area contributed by atoms with Crippen LogP contribution in [0, 0.1) is 11.8 Å². The molecular weight excluding hydrogens is 302 g/mol. The molecule has 0 amide bonds. The van der Waals surface area contributed by atoms with Crippen molar-refractivity contribution in [1.82, 2.24) is 0 Å². The Morgan fingerprint density at radius 1 is 0.765 bits per heavy atom. The van der Waals surface area contributed by atoms with Crippen LogP contribution in [0.5, 0.6) is 0 Å². The Morgan fingerprint density at radius 2 is 1.06 bits per heavy atom. The lowest BCUT2D eigenvalue weighted by Crippen LogP contribution is -2.29. The van der Waals surface area contributed by atoms with E-state index in [0.29, 0.717) is 24.7 Å². The molecule has 5 heteroatoms. The third-order valence-corrected chi connectivity index (χ3v) is 3.09. The summed E-state index contributed by atoms with van der Waals surface area (Å²) in [5, 5.41) is 0. The Morgan fingerprint density at radius 3 is 1.29 bits per heavy atom. The average Bonchev–Trinajstić information content (AvgIpc) is 1.96. The van der Waals surface area contributed by atoms with Crippen molar-refractivity contribution in [3.63, 3.8) is 0 Å². The Balaban J connectivity index is 3.97. The van der Waals surface area contributed by atoms with E-state index in [4.69, 9.17) is 51.1 Å². The summed E-state index contributed by atoms with van der Waals surface area (Å²) in [5.74, 6) is 0.835. The van der Waals surface area contributed by atoms with Crippen molar-refractivity contribution >= 4 is 46.4 Å². The fraction of sp³-hybridized carbons (Fsp3) is 1.00. The highest BCUT2D eigenvalue weighted by atomic mass is 35.5. The topological polar surface area (TPSA) is 9.23 Å². The quantitative estimate of drug-likeness (QED) is 0.540. The normalized spacial score (nSPS) is 13.8. The zero-order valence-electron chi connectivity index (χ0n) is 10.9. The maximum absolute atomic E-state index is 6.12. The number of hydrogen-bond acceptors (Lipinski definition) is 1. The minimum Gasteiger partial charge on any atom is -0.375 e. The zero-order valence-corrected chi connectivity index (χ0v) is 13.9. The number of rotatable bonds is 8.